The number of ether oxygens (including phenoxy) is 3. The fourth-order valence-corrected chi connectivity index (χ4v) is 3.16. The molecular weight excluding hydrogens is 330 g/mol. The molecule has 1 atom stereocenters. The first-order valence-electron chi connectivity index (χ1n) is 8.93. The lowest BCUT2D eigenvalue weighted by Crippen LogP contribution is -2.21. The Hall–Kier alpha value is -2.69. The highest BCUT2D eigenvalue weighted by Gasteiger charge is 2.22. The molecule has 0 aliphatic carbocycles. The van der Waals surface area contributed by atoms with Crippen LogP contribution in [0.5, 0.6) is 17.2 Å². The van der Waals surface area contributed by atoms with Gasteiger partial charge in [0.2, 0.25) is 0 Å². The number of aryl methyl sites for hydroxylation is 2. The van der Waals surface area contributed by atoms with Crippen LogP contribution in [0.2, 0.25) is 0 Å². The molecule has 0 radical (unpaired) electrons. The Labute approximate surface area is 154 Å². The Morgan fingerprint density at radius 3 is 2.65 bits per heavy atom. The lowest BCUT2D eigenvalue weighted by molar-refractivity contribution is -0.118. The Bertz CT molecular complexity index is 796. The van der Waals surface area contributed by atoms with Crippen molar-refractivity contribution in [3.63, 3.8) is 0 Å². The van der Waals surface area contributed by atoms with E-state index in [1.54, 1.807) is 0 Å². The molecule has 2 aromatic rings. The van der Waals surface area contributed by atoms with E-state index >= 15 is 0 Å². The van der Waals surface area contributed by atoms with Crippen LogP contribution in [0.3, 0.4) is 0 Å². The van der Waals surface area contributed by atoms with Crippen LogP contribution in [0.25, 0.3) is 0 Å². The van der Waals surface area contributed by atoms with E-state index in [1.165, 1.54) is 0 Å². The number of para-hydroxylation sites is 1. The minimum absolute atomic E-state index is 0.0639. The second-order valence-corrected chi connectivity index (χ2v) is 6.58. The van der Waals surface area contributed by atoms with Gasteiger partial charge in [0.25, 0.3) is 5.91 Å². The summed E-state index contributed by atoms with van der Waals surface area (Å²) in [7, 11) is 0. The van der Waals surface area contributed by atoms with E-state index in [4.69, 9.17) is 14.2 Å². The van der Waals surface area contributed by atoms with Crippen LogP contribution in [0, 0.1) is 13.8 Å². The van der Waals surface area contributed by atoms with Crippen molar-refractivity contribution in [1.82, 2.24) is 0 Å². The number of fused-ring (bicyclic) bond motifs is 1. The lowest BCUT2D eigenvalue weighted by Gasteiger charge is -2.15. The zero-order valence-corrected chi connectivity index (χ0v) is 15.7. The third-order valence-corrected chi connectivity index (χ3v) is 4.33. The largest absolute Gasteiger partial charge is 0.492 e. The number of hydrogen-bond donors (Lipinski definition) is 1. The van der Waals surface area contributed by atoms with Gasteiger partial charge in [0.1, 0.15) is 23.4 Å². The van der Waals surface area contributed by atoms with Crippen molar-refractivity contribution in [1.29, 1.82) is 0 Å². The quantitative estimate of drug-likeness (QED) is 0.849. The molecule has 5 nitrogen and oxygen atoms in total. The van der Waals surface area contributed by atoms with Crippen LogP contribution in [0.1, 0.15) is 30.5 Å². The molecule has 0 unspecified atom stereocenters. The SMILES string of the molecule is CCOc1cc2c(cc1NC(=O)COc1c(C)cccc1C)O[C@@H](C)C2. The van der Waals surface area contributed by atoms with Gasteiger partial charge in [-0.3, -0.25) is 4.79 Å². The number of carbonyl (C=O) groups excluding carboxylic acids is 1. The van der Waals surface area contributed by atoms with Gasteiger partial charge in [-0.25, -0.2) is 0 Å². The summed E-state index contributed by atoms with van der Waals surface area (Å²) < 4.78 is 17.2. The van der Waals surface area contributed by atoms with Gasteiger partial charge in [0.15, 0.2) is 6.61 Å². The molecule has 1 aliphatic heterocycles. The zero-order chi connectivity index (χ0) is 18.7. The lowest BCUT2D eigenvalue weighted by atomic mass is 10.1. The summed E-state index contributed by atoms with van der Waals surface area (Å²) in [6.07, 6.45) is 0.983. The van der Waals surface area contributed by atoms with E-state index in [-0.39, 0.29) is 18.6 Å². The summed E-state index contributed by atoms with van der Waals surface area (Å²) in [4.78, 5) is 12.4. The predicted molar refractivity (Wildman–Crippen MR) is 101 cm³/mol. The number of carbonyl (C=O) groups is 1. The van der Waals surface area contributed by atoms with Gasteiger partial charge in [-0.15, -0.1) is 0 Å². The average Bonchev–Trinajstić information content (AvgIpc) is 2.94. The van der Waals surface area contributed by atoms with Gasteiger partial charge in [-0.1, -0.05) is 18.2 Å². The number of rotatable bonds is 6. The maximum absolute atomic E-state index is 12.4. The first kappa shape index (κ1) is 18.1. The van der Waals surface area contributed by atoms with Crippen LogP contribution in [0.4, 0.5) is 5.69 Å². The number of nitrogens with one attached hydrogen (secondary N) is 1. The zero-order valence-electron chi connectivity index (χ0n) is 15.7. The van der Waals surface area contributed by atoms with Crippen LogP contribution >= 0.6 is 0 Å². The van der Waals surface area contributed by atoms with Crippen LogP contribution in [-0.2, 0) is 11.2 Å². The molecule has 1 N–H and O–H groups in total. The molecular formula is C21H25NO4. The molecule has 1 heterocycles. The van der Waals surface area contributed by atoms with Gasteiger partial charge in [-0.05, 0) is 44.9 Å². The fraction of sp³-hybridized carbons (Fsp3) is 0.381. The topological polar surface area (TPSA) is 56.8 Å². The van der Waals surface area contributed by atoms with E-state index in [2.05, 4.69) is 5.32 Å². The van der Waals surface area contributed by atoms with E-state index in [0.717, 1.165) is 34.6 Å². The van der Waals surface area contributed by atoms with E-state index in [0.29, 0.717) is 18.0 Å². The highest BCUT2D eigenvalue weighted by atomic mass is 16.5. The molecule has 5 heteroatoms. The summed E-state index contributed by atoms with van der Waals surface area (Å²) in [6, 6.07) is 9.68. The van der Waals surface area contributed by atoms with E-state index < -0.39 is 0 Å². The number of benzene rings is 2. The first-order chi connectivity index (χ1) is 12.5. The minimum atomic E-state index is -0.236. The van der Waals surface area contributed by atoms with Crippen molar-refractivity contribution in [2.75, 3.05) is 18.5 Å². The Kier molecular flexibility index (Phi) is 5.35. The number of hydrogen-bond acceptors (Lipinski definition) is 4. The summed E-state index contributed by atoms with van der Waals surface area (Å²) >= 11 is 0. The van der Waals surface area contributed by atoms with Crippen molar-refractivity contribution in [2.45, 2.75) is 40.2 Å². The minimum Gasteiger partial charge on any atom is -0.492 e. The highest BCUT2D eigenvalue weighted by molar-refractivity contribution is 5.93. The van der Waals surface area contributed by atoms with Crippen molar-refractivity contribution in [2.24, 2.45) is 0 Å². The molecule has 2 aromatic carbocycles. The van der Waals surface area contributed by atoms with Crippen molar-refractivity contribution in [3.05, 3.63) is 47.0 Å². The standard InChI is InChI=1S/C21H25NO4/c1-5-24-19-10-16-9-15(4)26-18(16)11-17(19)22-20(23)12-25-21-13(2)7-6-8-14(21)3/h6-8,10-11,15H,5,9,12H2,1-4H3,(H,22,23)/t15-/m0/s1. The third-order valence-electron chi connectivity index (χ3n) is 4.33. The monoisotopic (exact) mass is 355 g/mol. The maximum Gasteiger partial charge on any atom is 0.262 e. The molecule has 0 saturated heterocycles. The average molecular weight is 355 g/mol. The van der Waals surface area contributed by atoms with Crippen molar-refractivity contribution in [3.8, 4) is 17.2 Å². The summed E-state index contributed by atoms with van der Waals surface area (Å²) in [5.41, 5.74) is 3.72. The predicted octanol–water partition coefficient (Wildman–Crippen LogP) is 4.04. The Morgan fingerprint density at radius 1 is 1.23 bits per heavy atom. The molecule has 0 fully saturated rings. The highest BCUT2D eigenvalue weighted by Crippen LogP contribution is 2.38. The molecule has 0 aromatic heterocycles. The molecule has 0 saturated carbocycles. The second kappa shape index (κ2) is 7.68. The normalized spacial score (nSPS) is 15.2. The number of anilines is 1. The number of amides is 1. The van der Waals surface area contributed by atoms with Crippen LogP contribution < -0.4 is 19.5 Å². The molecule has 1 aliphatic rings. The van der Waals surface area contributed by atoms with Gasteiger partial charge in [-0.2, -0.15) is 0 Å². The summed E-state index contributed by atoms with van der Waals surface area (Å²) in [5.74, 6) is 1.97. The third kappa shape index (κ3) is 3.93. The first-order valence-corrected chi connectivity index (χ1v) is 8.93. The second-order valence-electron chi connectivity index (χ2n) is 6.58. The molecule has 26 heavy (non-hydrogen) atoms. The van der Waals surface area contributed by atoms with Crippen LogP contribution in [-0.4, -0.2) is 25.2 Å². The van der Waals surface area contributed by atoms with E-state index in [1.807, 2.05) is 58.0 Å². The summed E-state index contributed by atoms with van der Waals surface area (Å²) in [6.45, 7) is 8.33. The van der Waals surface area contributed by atoms with Crippen molar-refractivity contribution >= 4 is 11.6 Å². The molecule has 1 amide bonds. The van der Waals surface area contributed by atoms with Gasteiger partial charge in [0, 0.05) is 18.1 Å². The Morgan fingerprint density at radius 2 is 1.96 bits per heavy atom. The molecule has 138 valence electrons. The molecule has 0 spiro atoms. The Balaban J connectivity index is 1.72. The van der Waals surface area contributed by atoms with Crippen LogP contribution in [0.15, 0.2) is 30.3 Å². The van der Waals surface area contributed by atoms with E-state index in [9.17, 15) is 4.79 Å². The van der Waals surface area contributed by atoms with Gasteiger partial charge < -0.3 is 19.5 Å². The van der Waals surface area contributed by atoms with Crippen molar-refractivity contribution < 1.29 is 19.0 Å². The summed E-state index contributed by atoms with van der Waals surface area (Å²) in [5, 5.41) is 2.88. The molecule has 3 rings (SSSR count). The van der Waals surface area contributed by atoms with Gasteiger partial charge in [0.05, 0.1) is 12.3 Å². The maximum atomic E-state index is 12.4. The fourth-order valence-electron chi connectivity index (χ4n) is 3.16. The molecule has 0 bridgehead atoms. The smallest absolute Gasteiger partial charge is 0.262 e. The van der Waals surface area contributed by atoms with Gasteiger partial charge >= 0.3 is 0 Å².